The van der Waals surface area contributed by atoms with Crippen molar-refractivity contribution in [1.82, 2.24) is 9.97 Å². The lowest BCUT2D eigenvalue weighted by molar-refractivity contribution is -0.131. The smallest absolute Gasteiger partial charge is 0.390 e. The van der Waals surface area contributed by atoms with Gasteiger partial charge in [-0.25, -0.2) is 9.97 Å². The summed E-state index contributed by atoms with van der Waals surface area (Å²) in [6.07, 6.45) is -3.80. The molecule has 0 saturated carbocycles. The number of nitrogens with zero attached hydrogens (tertiary/aromatic N) is 2. The van der Waals surface area contributed by atoms with Crippen LogP contribution in [0.3, 0.4) is 0 Å². The Labute approximate surface area is 101 Å². The van der Waals surface area contributed by atoms with Gasteiger partial charge in [-0.3, -0.25) is 0 Å². The minimum absolute atomic E-state index is 0.222. The molecule has 0 aliphatic rings. The Morgan fingerprint density at radius 3 is 2.72 bits per heavy atom. The summed E-state index contributed by atoms with van der Waals surface area (Å²) >= 11 is 0. The van der Waals surface area contributed by atoms with Crippen LogP contribution in [0.25, 0.3) is 10.9 Å². The zero-order chi connectivity index (χ0) is 13.2. The van der Waals surface area contributed by atoms with Crippen LogP contribution in [0.1, 0.15) is 6.42 Å². The number of aromatic nitrogens is 2. The van der Waals surface area contributed by atoms with Crippen LogP contribution >= 0.6 is 0 Å². The summed E-state index contributed by atoms with van der Waals surface area (Å²) in [4.78, 5) is 7.93. The van der Waals surface area contributed by atoms with E-state index in [1.54, 1.807) is 18.2 Å². The van der Waals surface area contributed by atoms with Crippen molar-refractivity contribution >= 4 is 22.4 Å². The molecule has 0 unspecified atom stereocenters. The number of hydrogen-bond donors (Lipinski definition) is 2. The molecule has 0 saturated heterocycles. The van der Waals surface area contributed by atoms with Crippen LogP contribution in [0.4, 0.5) is 24.7 Å². The first-order valence-electron chi connectivity index (χ1n) is 5.26. The molecule has 2 rings (SSSR count). The first-order chi connectivity index (χ1) is 8.46. The van der Waals surface area contributed by atoms with Crippen molar-refractivity contribution in [2.75, 3.05) is 17.6 Å². The summed E-state index contributed by atoms with van der Waals surface area (Å²) in [7, 11) is 0. The van der Waals surface area contributed by atoms with E-state index in [0.29, 0.717) is 22.4 Å². The standard InChI is InChI=1S/C11H11F3N4/c12-11(13,14)3-4-16-10-8-2-1-7(15)5-9(8)17-6-18-10/h1-2,5-6H,3-4,15H2,(H,16,17,18). The van der Waals surface area contributed by atoms with Crippen molar-refractivity contribution in [3.63, 3.8) is 0 Å². The Bertz CT molecular complexity index is 553. The second-order valence-corrected chi connectivity index (χ2v) is 3.79. The number of nitrogens with one attached hydrogen (secondary N) is 1. The maximum absolute atomic E-state index is 12.0. The van der Waals surface area contributed by atoms with Gasteiger partial charge in [0, 0.05) is 17.6 Å². The molecular weight excluding hydrogens is 245 g/mol. The minimum atomic E-state index is -4.18. The van der Waals surface area contributed by atoms with Gasteiger partial charge in [-0.2, -0.15) is 13.2 Å². The molecule has 0 amide bonds. The van der Waals surface area contributed by atoms with Gasteiger partial charge in [0.05, 0.1) is 11.9 Å². The van der Waals surface area contributed by atoms with Gasteiger partial charge in [-0.05, 0) is 18.2 Å². The van der Waals surface area contributed by atoms with Crippen LogP contribution in [-0.2, 0) is 0 Å². The number of nitrogen functional groups attached to an aromatic ring is 1. The van der Waals surface area contributed by atoms with E-state index in [9.17, 15) is 13.2 Å². The highest BCUT2D eigenvalue weighted by molar-refractivity contribution is 5.90. The van der Waals surface area contributed by atoms with Crippen LogP contribution < -0.4 is 11.1 Å². The van der Waals surface area contributed by atoms with Crippen LogP contribution in [0.2, 0.25) is 0 Å². The van der Waals surface area contributed by atoms with Gasteiger partial charge < -0.3 is 11.1 Å². The highest BCUT2D eigenvalue weighted by Crippen LogP contribution is 2.23. The number of benzene rings is 1. The lowest BCUT2D eigenvalue weighted by Crippen LogP contribution is -2.15. The van der Waals surface area contributed by atoms with Crippen LogP contribution in [0.5, 0.6) is 0 Å². The maximum atomic E-state index is 12.0. The molecule has 0 bridgehead atoms. The average Bonchev–Trinajstić information content (AvgIpc) is 2.27. The summed E-state index contributed by atoms with van der Waals surface area (Å²) in [5.41, 5.74) is 6.74. The number of fused-ring (bicyclic) bond motifs is 1. The van der Waals surface area contributed by atoms with Crippen LogP contribution in [-0.4, -0.2) is 22.7 Å². The summed E-state index contributed by atoms with van der Waals surface area (Å²) in [5.74, 6) is 0.379. The highest BCUT2D eigenvalue weighted by atomic mass is 19.4. The van der Waals surface area contributed by atoms with Gasteiger partial charge in [0.15, 0.2) is 0 Å². The van der Waals surface area contributed by atoms with Crippen molar-refractivity contribution < 1.29 is 13.2 Å². The predicted molar refractivity (Wildman–Crippen MR) is 63.1 cm³/mol. The molecule has 96 valence electrons. The fourth-order valence-corrected chi connectivity index (χ4v) is 1.54. The molecule has 1 aromatic heterocycles. The summed E-state index contributed by atoms with van der Waals surface area (Å²) in [6.45, 7) is -0.222. The van der Waals surface area contributed by atoms with E-state index < -0.39 is 12.6 Å². The zero-order valence-electron chi connectivity index (χ0n) is 9.33. The SMILES string of the molecule is Nc1ccc2c(NCCC(F)(F)F)ncnc2c1. The first-order valence-corrected chi connectivity index (χ1v) is 5.26. The van der Waals surface area contributed by atoms with E-state index in [-0.39, 0.29) is 6.54 Å². The molecule has 0 aliphatic heterocycles. The molecule has 1 heterocycles. The number of halogens is 3. The van der Waals surface area contributed by atoms with Gasteiger partial charge in [0.25, 0.3) is 0 Å². The summed E-state index contributed by atoms with van der Waals surface area (Å²) < 4.78 is 36.1. The van der Waals surface area contributed by atoms with Crippen molar-refractivity contribution in [3.05, 3.63) is 24.5 Å². The summed E-state index contributed by atoms with van der Waals surface area (Å²) in [5, 5.41) is 3.30. The van der Waals surface area contributed by atoms with E-state index >= 15 is 0 Å². The van der Waals surface area contributed by atoms with Crippen molar-refractivity contribution in [2.45, 2.75) is 12.6 Å². The molecule has 0 aliphatic carbocycles. The van der Waals surface area contributed by atoms with Crippen molar-refractivity contribution in [3.8, 4) is 0 Å². The molecule has 0 atom stereocenters. The van der Waals surface area contributed by atoms with Gasteiger partial charge in [-0.1, -0.05) is 0 Å². The fraction of sp³-hybridized carbons (Fsp3) is 0.273. The number of rotatable bonds is 3. The number of alkyl halides is 3. The van der Waals surface area contributed by atoms with E-state index in [0.717, 1.165) is 0 Å². The monoisotopic (exact) mass is 256 g/mol. The third-order valence-electron chi connectivity index (χ3n) is 2.36. The normalized spacial score (nSPS) is 11.7. The van der Waals surface area contributed by atoms with Gasteiger partial charge in [0.1, 0.15) is 12.1 Å². The Hall–Kier alpha value is -2.05. The predicted octanol–water partition coefficient (Wildman–Crippen LogP) is 2.58. The number of nitrogens with two attached hydrogens (primary N) is 1. The van der Waals surface area contributed by atoms with E-state index in [1.807, 2.05) is 0 Å². The van der Waals surface area contributed by atoms with Crippen LogP contribution in [0.15, 0.2) is 24.5 Å². The van der Waals surface area contributed by atoms with Crippen LogP contribution in [0, 0.1) is 0 Å². The number of hydrogen-bond acceptors (Lipinski definition) is 4. The molecular formula is C11H11F3N4. The van der Waals surface area contributed by atoms with Gasteiger partial charge in [-0.15, -0.1) is 0 Å². The Morgan fingerprint density at radius 1 is 1.22 bits per heavy atom. The largest absolute Gasteiger partial charge is 0.399 e. The van der Waals surface area contributed by atoms with E-state index in [4.69, 9.17) is 5.73 Å². The average molecular weight is 256 g/mol. The molecule has 0 radical (unpaired) electrons. The van der Waals surface area contributed by atoms with Crippen molar-refractivity contribution in [1.29, 1.82) is 0 Å². The topological polar surface area (TPSA) is 63.8 Å². The molecule has 2 aromatic rings. The third-order valence-corrected chi connectivity index (χ3v) is 2.36. The lowest BCUT2D eigenvalue weighted by atomic mass is 10.2. The zero-order valence-corrected chi connectivity index (χ0v) is 9.33. The third kappa shape index (κ3) is 2.99. The minimum Gasteiger partial charge on any atom is -0.399 e. The van der Waals surface area contributed by atoms with E-state index in [1.165, 1.54) is 6.33 Å². The Morgan fingerprint density at radius 2 is 2.00 bits per heavy atom. The molecule has 7 heteroatoms. The molecule has 3 N–H and O–H groups in total. The van der Waals surface area contributed by atoms with E-state index in [2.05, 4.69) is 15.3 Å². The summed E-state index contributed by atoms with van der Waals surface area (Å²) in [6, 6.07) is 4.98. The Balaban J connectivity index is 2.18. The highest BCUT2D eigenvalue weighted by Gasteiger charge is 2.26. The number of anilines is 2. The first kappa shape index (κ1) is 12.4. The van der Waals surface area contributed by atoms with Crippen molar-refractivity contribution in [2.24, 2.45) is 0 Å². The lowest BCUT2D eigenvalue weighted by Gasteiger charge is -2.10. The van der Waals surface area contributed by atoms with Gasteiger partial charge >= 0.3 is 6.18 Å². The second-order valence-electron chi connectivity index (χ2n) is 3.79. The molecule has 0 fully saturated rings. The molecule has 18 heavy (non-hydrogen) atoms. The van der Waals surface area contributed by atoms with Gasteiger partial charge in [0.2, 0.25) is 0 Å². The molecule has 4 nitrogen and oxygen atoms in total. The second kappa shape index (κ2) is 4.67. The quantitative estimate of drug-likeness (QED) is 0.828. The molecule has 1 aromatic carbocycles. The maximum Gasteiger partial charge on any atom is 0.390 e. The Kier molecular flexibility index (Phi) is 3.22. The molecule has 0 spiro atoms. The fourth-order valence-electron chi connectivity index (χ4n) is 1.54.